The highest BCUT2D eigenvalue weighted by Crippen LogP contribution is 1.94. The lowest BCUT2D eigenvalue weighted by molar-refractivity contribution is 0.0552. The van der Waals surface area contributed by atoms with Crippen LogP contribution in [-0.2, 0) is 9.47 Å². The van der Waals surface area contributed by atoms with Crippen molar-refractivity contribution in [2.45, 2.75) is 13.3 Å². The van der Waals surface area contributed by atoms with Gasteiger partial charge in [-0.25, -0.2) is 0 Å². The smallest absolute Gasteiger partial charge is 0.0700 e. The standard InChI is InChI=1S/C9H18O2S/c1-9(2)3-4-10-5-6-11-7-8-12/h12H,1,3-8H2,2H3. The summed E-state index contributed by atoms with van der Waals surface area (Å²) in [4.78, 5) is 0. The molecule has 0 rings (SSSR count). The van der Waals surface area contributed by atoms with E-state index in [1.54, 1.807) is 0 Å². The second-order valence-corrected chi connectivity index (χ2v) is 3.10. The van der Waals surface area contributed by atoms with E-state index in [4.69, 9.17) is 9.47 Å². The molecule has 0 aromatic heterocycles. The van der Waals surface area contributed by atoms with Gasteiger partial charge in [0, 0.05) is 5.75 Å². The molecule has 0 aliphatic carbocycles. The molecule has 0 heterocycles. The van der Waals surface area contributed by atoms with E-state index in [-0.39, 0.29) is 0 Å². The topological polar surface area (TPSA) is 18.5 Å². The monoisotopic (exact) mass is 190 g/mol. The summed E-state index contributed by atoms with van der Waals surface area (Å²) in [5, 5.41) is 0. The summed E-state index contributed by atoms with van der Waals surface area (Å²) in [6, 6.07) is 0. The molecule has 0 aromatic carbocycles. The molecule has 0 spiro atoms. The van der Waals surface area contributed by atoms with Crippen LogP contribution in [0.3, 0.4) is 0 Å². The predicted molar refractivity (Wildman–Crippen MR) is 54.9 cm³/mol. The zero-order valence-corrected chi connectivity index (χ0v) is 8.61. The van der Waals surface area contributed by atoms with Gasteiger partial charge in [0.2, 0.25) is 0 Å². The summed E-state index contributed by atoms with van der Waals surface area (Å²) in [6.45, 7) is 8.56. The van der Waals surface area contributed by atoms with Gasteiger partial charge in [-0.05, 0) is 13.3 Å². The van der Waals surface area contributed by atoms with E-state index >= 15 is 0 Å². The Labute approximate surface area is 80.4 Å². The first-order valence-electron chi connectivity index (χ1n) is 4.18. The average molecular weight is 190 g/mol. The van der Waals surface area contributed by atoms with Gasteiger partial charge in [0.25, 0.3) is 0 Å². The van der Waals surface area contributed by atoms with Crippen molar-refractivity contribution in [2.24, 2.45) is 0 Å². The Bertz CT molecular complexity index is 115. The van der Waals surface area contributed by atoms with E-state index in [1.807, 2.05) is 6.92 Å². The van der Waals surface area contributed by atoms with Crippen LogP contribution in [0.15, 0.2) is 12.2 Å². The maximum absolute atomic E-state index is 5.28. The lowest BCUT2D eigenvalue weighted by atomic mass is 10.3. The zero-order chi connectivity index (χ0) is 9.23. The first kappa shape index (κ1) is 12.0. The third-order valence-corrected chi connectivity index (χ3v) is 1.46. The highest BCUT2D eigenvalue weighted by Gasteiger charge is 1.89. The first-order valence-corrected chi connectivity index (χ1v) is 4.81. The molecule has 0 aliphatic rings. The van der Waals surface area contributed by atoms with Crippen molar-refractivity contribution in [1.29, 1.82) is 0 Å². The molecule has 0 aromatic rings. The maximum Gasteiger partial charge on any atom is 0.0700 e. The molecule has 0 N–H and O–H groups in total. The third-order valence-electron chi connectivity index (χ3n) is 1.28. The molecule has 0 amide bonds. The van der Waals surface area contributed by atoms with Crippen LogP contribution in [0.2, 0.25) is 0 Å². The van der Waals surface area contributed by atoms with Gasteiger partial charge >= 0.3 is 0 Å². The Morgan fingerprint density at radius 2 is 1.75 bits per heavy atom. The van der Waals surface area contributed by atoms with Crippen LogP contribution in [0.5, 0.6) is 0 Å². The van der Waals surface area contributed by atoms with Crippen LogP contribution in [0, 0.1) is 0 Å². The number of rotatable bonds is 8. The molecule has 0 unspecified atom stereocenters. The maximum atomic E-state index is 5.28. The first-order chi connectivity index (χ1) is 5.77. The summed E-state index contributed by atoms with van der Waals surface area (Å²) in [5.41, 5.74) is 1.16. The summed E-state index contributed by atoms with van der Waals surface area (Å²) in [5.74, 6) is 0.770. The molecule has 12 heavy (non-hydrogen) atoms. The van der Waals surface area contributed by atoms with Crippen molar-refractivity contribution >= 4 is 12.6 Å². The van der Waals surface area contributed by atoms with Crippen LogP contribution in [0.25, 0.3) is 0 Å². The summed E-state index contributed by atoms with van der Waals surface area (Å²) >= 11 is 4.01. The zero-order valence-electron chi connectivity index (χ0n) is 7.71. The summed E-state index contributed by atoms with van der Waals surface area (Å²) in [6.07, 6.45) is 0.937. The largest absolute Gasteiger partial charge is 0.379 e. The van der Waals surface area contributed by atoms with Crippen LogP contribution in [-0.4, -0.2) is 32.2 Å². The Morgan fingerprint density at radius 1 is 1.17 bits per heavy atom. The van der Waals surface area contributed by atoms with Crippen LogP contribution >= 0.6 is 12.6 Å². The van der Waals surface area contributed by atoms with Gasteiger partial charge in [0.05, 0.1) is 26.4 Å². The van der Waals surface area contributed by atoms with Gasteiger partial charge in [0.15, 0.2) is 0 Å². The molecule has 3 heteroatoms. The fourth-order valence-corrected chi connectivity index (χ4v) is 0.762. The quantitative estimate of drug-likeness (QED) is 0.358. The highest BCUT2D eigenvalue weighted by atomic mass is 32.1. The lowest BCUT2D eigenvalue weighted by Gasteiger charge is -2.04. The highest BCUT2D eigenvalue weighted by molar-refractivity contribution is 7.80. The third kappa shape index (κ3) is 10.0. The SMILES string of the molecule is C=C(C)CCOCCOCCS. The van der Waals surface area contributed by atoms with E-state index in [0.717, 1.165) is 24.4 Å². The molecular weight excluding hydrogens is 172 g/mol. The van der Waals surface area contributed by atoms with Gasteiger partial charge in [-0.2, -0.15) is 12.6 Å². The van der Waals surface area contributed by atoms with Gasteiger partial charge < -0.3 is 9.47 Å². The van der Waals surface area contributed by atoms with Gasteiger partial charge in [0.1, 0.15) is 0 Å². The Kier molecular flexibility index (Phi) is 9.11. The van der Waals surface area contributed by atoms with E-state index in [9.17, 15) is 0 Å². The fourth-order valence-electron chi connectivity index (χ4n) is 0.633. The Hall–Kier alpha value is 0.0100. The van der Waals surface area contributed by atoms with Crippen molar-refractivity contribution in [3.05, 3.63) is 12.2 Å². The molecule has 0 aliphatic heterocycles. The number of ether oxygens (including phenoxy) is 2. The minimum atomic E-state index is 0.663. The average Bonchev–Trinajstić information content (AvgIpc) is 2.02. The molecule has 0 saturated heterocycles. The van der Waals surface area contributed by atoms with E-state index in [2.05, 4.69) is 19.2 Å². The molecule has 0 fully saturated rings. The minimum absolute atomic E-state index is 0.663. The lowest BCUT2D eigenvalue weighted by Crippen LogP contribution is -2.06. The molecule has 72 valence electrons. The second kappa shape index (κ2) is 9.10. The van der Waals surface area contributed by atoms with Crippen molar-refractivity contribution in [2.75, 3.05) is 32.2 Å². The second-order valence-electron chi connectivity index (χ2n) is 2.66. The van der Waals surface area contributed by atoms with Crippen molar-refractivity contribution < 1.29 is 9.47 Å². The molecule has 0 bridgehead atoms. The predicted octanol–water partition coefficient (Wildman–Crippen LogP) is 1.92. The Morgan fingerprint density at radius 3 is 2.25 bits per heavy atom. The van der Waals surface area contributed by atoms with Gasteiger partial charge in [-0.15, -0.1) is 6.58 Å². The molecular formula is C9H18O2S. The van der Waals surface area contributed by atoms with E-state index in [1.165, 1.54) is 0 Å². The van der Waals surface area contributed by atoms with Gasteiger partial charge in [-0.1, -0.05) is 5.57 Å². The van der Waals surface area contributed by atoms with Crippen molar-refractivity contribution in [3.8, 4) is 0 Å². The Balaban J connectivity index is 2.86. The van der Waals surface area contributed by atoms with Crippen LogP contribution < -0.4 is 0 Å². The summed E-state index contributed by atoms with van der Waals surface area (Å²) in [7, 11) is 0. The molecule has 0 saturated carbocycles. The summed E-state index contributed by atoms with van der Waals surface area (Å²) < 4.78 is 10.4. The minimum Gasteiger partial charge on any atom is -0.379 e. The van der Waals surface area contributed by atoms with E-state index < -0.39 is 0 Å². The number of thiol groups is 1. The van der Waals surface area contributed by atoms with Crippen LogP contribution in [0.1, 0.15) is 13.3 Å². The fraction of sp³-hybridized carbons (Fsp3) is 0.778. The molecule has 0 atom stereocenters. The number of hydrogen-bond donors (Lipinski definition) is 1. The number of hydrogen-bond acceptors (Lipinski definition) is 3. The molecule has 2 nitrogen and oxygen atoms in total. The van der Waals surface area contributed by atoms with Gasteiger partial charge in [-0.3, -0.25) is 0 Å². The van der Waals surface area contributed by atoms with Crippen LogP contribution in [0.4, 0.5) is 0 Å². The molecule has 0 radical (unpaired) electrons. The normalized spacial score (nSPS) is 10.2. The van der Waals surface area contributed by atoms with Crippen molar-refractivity contribution in [1.82, 2.24) is 0 Å². The van der Waals surface area contributed by atoms with Crippen molar-refractivity contribution in [3.63, 3.8) is 0 Å². The van der Waals surface area contributed by atoms with E-state index in [0.29, 0.717) is 19.8 Å².